The molecule has 2 aromatic carbocycles. The lowest BCUT2D eigenvalue weighted by Crippen LogP contribution is -2.38. The van der Waals surface area contributed by atoms with Gasteiger partial charge in [0, 0.05) is 43.0 Å². The number of nitrogens with two attached hydrogens (primary N) is 1. The summed E-state index contributed by atoms with van der Waals surface area (Å²) in [4.78, 5) is 19.3. The molecule has 184 valence electrons. The number of hydrogen-bond donors (Lipinski definition) is 2. The third-order valence-corrected chi connectivity index (χ3v) is 6.36. The van der Waals surface area contributed by atoms with Gasteiger partial charge >= 0.3 is 0 Å². The number of pyridine rings is 1. The Bertz CT molecular complexity index is 1040. The van der Waals surface area contributed by atoms with Crippen LogP contribution in [0.3, 0.4) is 0 Å². The molecule has 1 saturated heterocycles. The zero-order valence-electron chi connectivity index (χ0n) is 18.7. The van der Waals surface area contributed by atoms with Crippen molar-refractivity contribution in [3.8, 4) is 0 Å². The van der Waals surface area contributed by atoms with Crippen LogP contribution < -0.4 is 11.1 Å². The molecule has 0 spiro atoms. The summed E-state index contributed by atoms with van der Waals surface area (Å²) in [5.74, 6) is 0.529. The molecule has 34 heavy (non-hydrogen) atoms. The molecular formula is C25H30BrCl3N4O. The minimum absolute atomic E-state index is 0. The van der Waals surface area contributed by atoms with Crippen LogP contribution in [-0.2, 0) is 13.1 Å². The fourth-order valence-corrected chi connectivity index (χ4v) is 4.30. The number of anilines is 1. The molecule has 1 fully saturated rings. The maximum Gasteiger partial charge on any atom is 0.255 e. The largest absolute Gasteiger partial charge is 0.380 e. The topological polar surface area (TPSA) is 71.2 Å². The van der Waals surface area contributed by atoms with Crippen molar-refractivity contribution >= 4 is 64.7 Å². The highest BCUT2D eigenvalue weighted by atomic mass is 79.9. The molecule has 5 nitrogen and oxygen atoms in total. The molecule has 3 N–H and O–H groups in total. The summed E-state index contributed by atoms with van der Waals surface area (Å²) in [6.45, 7) is 2.75. The predicted octanol–water partition coefficient (Wildman–Crippen LogP) is 6.20. The summed E-state index contributed by atoms with van der Waals surface area (Å²) in [6.07, 6.45) is 5.35. The van der Waals surface area contributed by atoms with Gasteiger partial charge in [-0.15, -0.1) is 37.2 Å². The van der Waals surface area contributed by atoms with E-state index >= 15 is 0 Å². The number of nitrogens with zero attached hydrogens (tertiary/aromatic N) is 2. The van der Waals surface area contributed by atoms with Gasteiger partial charge in [-0.25, -0.2) is 0 Å². The summed E-state index contributed by atoms with van der Waals surface area (Å²) in [5, 5.41) is 3.36. The molecule has 1 aliphatic heterocycles. The van der Waals surface area contributed by atoms with Crippen LogP contribution in [0.1, 0.15) is 45.8 Å². The van der Waals surface area contributed by atoms with Crippen LogP contribution in [0.15, 0.2) is 71.5 Å². The molecule has 1 aliphatic rings. The zero-order valence-corrected chi connectivity index (χ0v) is 22.7. The Hall–Kier alpha value is -1.83. The fraction of sp³-hybridized carbons (Fsp3) is 0.280. The van der Waals surface area contributed by atoms with Gasteiger partial charge in [-0.2, -0.15) is 0 Å². The number of halogens is 4. The van der Waals surface area contributed by atoms with Crippen molar-refractivity contribution in [3.63, 3.8) is 0 Å². The number of rotatable bonds is 6. The maximum atomic E-state index is 13.0. The highest BCUT2D eigenvalue weighted by Gasteiger charge is 2.25. The molecule has 0 atom stereocenters. The van der Waals surface area contributed by atoms with Crippen LogP contribution >= 0.6 is 53.2 Å². The van der Waals surface area contributed by atoms with Crippen LogP contribution in [0.2, 0.25) is 0 Å². The maximum absolute atomic E-state index is 13.0. The SMILES string of the molecule is Cl.Cl.Cl.NCc1cccc(C2CCN(C(=O)c3cncc(NCc4ccc(Br)cc4)c3)CC2)c1. The van der Waals surface area contributed by atoms with E-state index in [4.69, 9.17) is 5.73 Å². The Morgan fingerprint density at radius 1 is 1.00 bits per heavy atom. The van der Waals surface area contributed by atoms with Gasteiger partial charge in [0.15, 0.2) is 0 Å². The average molecular weight is 589 g/mol. The van der Waals surface area contributed by atoms with E-state index in [9.17, 15) is 4.79 Å². The fourth-order valence-electron chi connectivity index (χ4n) is 4.03. The van der Waals surface area contributed by atoms with E-state index in [2.05, 4.69) is 62.6 Å². The molecule has 3 aromatic rings. The average Bonchev–Trinajstić information content (AvgIpc) is 2.83. The second-order valence-electron chi connectivity index (χ2n) is 7.96. The molecule has 9 heteroatoms. The van der Waals surface area contributed by atoms with Gasteiger partial charge in [0.2, 0.25) is 0 Å². The molecule has 0 bridgehead atoms. The molecule has 1 amide bonds. The second-order valence-corrected chi connectivity index (χ2v) is 8.87. The Labute approximate surface area is 228 Å². The van der Waals surface area contributed by atoms with Crippen LogP contribution in [0.25, 0.3) is 0 Å². The second kappa shape index (κ2) is 14.5. The molecule has 0 unspecified atom stereocenters. The summed E-state index contributed by atoms with van der Waals surface area (Å²) in [7, 11) is 0. The lowest BCUT2D eigenvalue weighted by molar-refractivity contribution is 0.0712. The number of amides is 1. The summed E-state index contributed by atoms with van der Waals surface area (Å²) < 4.78 is 1.06. The van der Waals surface area contributed by atoms with Crippen molar-refractivity contribution in [1.29, 1.82) is 0 Å². The Kier molecular flexibility index (Phi) is 12.9. The smallest absolute Gasteiger partial charge is 0.255 e. The first kappa shape index (κ1) is 30.2. The molecule has 2 heterocycles. The number of aromatic nitrogens is 1. The van der Waals surface area contributed by atoms with Crippen molar-refractivity contribution in [2.24, 2.45) is 5.73 Å². The van der Waals surface area contributed by atoms with Gasteiger partial charge in [0.05, 0.1) is 11.3 Å². The Morgan fingerprint density at radius 3 is 2.38 bits per heavy atom. The zero-order chi connectivity index (χ0) is 21.6. The molecule has 1 aromatic heterocycles. The van der Waals surface area contributed by atoms with E-state index in [-0.39, 0.29) is 43.1 Å². The number of likely N-dealkylation sites (tertiary alicyclic amines) is 1. The highest BCUT2D eigenvalue weighted by Crippen LogP contribution is 2.29. The first-order valence-electron chi connectivity index (χ1n) is 10.6. The summed E-state index contributed by atoms with van der Waals surface area (Å²) >= 11 is 3.45. The number of benzene rings is 2. The standard InChI is InChI=1S/C25H27BrN4O.3ClH/c26-23-6-4-18(5-7-23)15-29-24-13-22(16-28-17-24)25(31)30-10-8-20(9-11-30)21-3-1-2-19(12-21)14-27;;;/h1-7,12-13,16-17,20,29H,8-11,14-15,27H2;3*1H. The number of carbonyl (C=O) groups excluding carboxylic acids is 1. The molecule has 0 radical (unpaired) electrons. The third-order valence-electron chi connectivity index (χ3n) is 5.84. The van der Waals surface area contributed by atoms with Crippen LogP contribution in [-0.4, -0.2) is 28.9 Å². The van der Waals surface area contributed by atoms with Crippen molar-refractivity contribution in [2.45, 2.75) is 31.8 Å². The first-order chi connectivity index (χ1) is 15.1. The quantitative estimate of drug-likeness (QED) is 0.360. The first-order valence-corrected chi connectivity index (χ1v) is 11.4. The lowest BCUT2D eigenvalue weighted by Gasteiger charge is -2.32. The van der Waals surface area contributed by atoms with Crippen molar-refractivity contribution in [2.75, 3.05) is 18.4 Å². The Morgan fingerprint density at radius 2 is 1.71 bits per heavy atom. The van der Waals surface area contributed by atoms with Crippen LogP contribution in [0, 0.1) is 0 Å². The number of nitrogens with one attached hydrogen (secondary N) is 1. The molecule has 4 rings (SSSR count). The lowest BCUT2D eigenvalue weighted by atomic mass is 9.88. The minimum atomic E-state index is 0. The van der Waals surface area contributed by atoms with Gasteiger partial charge in [-0.1, -0.05) is 52.3 Å². The van der Waals surface area contributed by atoms with Crippen molar-refractivity contribution in [1.82, 2.24) is 9.88 Å². The monoisotopic (exact) mass is 586 g/mol. The van der Waals surface area contributed by atoms with Gasteiger partial charge < -0.3 is 16.0 Å². The van der Waals surface area contributed by atoms with E-state index < -0.39 is 0 Å². The minimum Gasteiger partial charge on any atom is -0.380 e. The summed E-state index contributed by atoms with van der Waals surface area (Å²) in [5.41, 5.74) is 10.9. The van der Waals surface area contributed by atoms with E-state index in [1.807, 2.05) is 23.1 Å². The van der Waals surface area contributed by atoms with E-state index in [1.54, 1.807) is 12.4 Å². The molecular weight excluding hydrogens is 559 g/mol. The van der Waals surface area contributed by atoms with Crippen molar-refractivity contribution < 1.29 is 4.79 Å². The predicted molar refractivity (Wildman–Crippen MR) is 150 cm³/mol. The van der Waals surface area contributed by atoms with Crippen LogP contribution in [0.5, 0.6) is 0 Å². The summed E-state index contributed by atoms with van der Waals surface area (Å²) in [6, 6.07) is 18.6. The number of carbonyl (C=O) groups is 1. The van der Waals surface area contributed by atoms with Gasteiger partial charge in [0.25, 0.3) is 5.91 Å². The third kappa shape index (κ3) is 7.85. The number of hydrogen-bond acceptors (Lipinski definition) is 4. The van der Waals surface area contributed by atoms with E-state index in [0.717, 1.165) is 41.7 Å². The Balaban J connectivity index is 0.00000193. The van der Waals surface area contributed by atoms with E-state index in [0.29, 0.717) is 24.6 Å². The van der Waals surface area contributed by atoms with E-state index in [1.165, 1.54) is 11.1 Å². The number of piperidine rings is 1. The highest BCUT2D eigenvalue weighted by molar-refractivity contribution is 9.10. The molecule has 0 aliphatic carbocycles. The van der Waals surface area contributed by atoms with Gasteiger partial charge in [-0.05, 0) is 53.6 Å². The molecule has 0 saturated carbocycles. The van der Waals surface area contributed by atoms with Gasteiger partial charge in [-0.3, -0.25) is 9.78 Å². The van der Waals surface area contributed by atoms with Crippen molar-refractivity contribution in [3.05, 3.63) is 93.7 Å². The normalized spacial score (nSPS) is 13.2. The van der Waals surface area contributed by atoms with Crippen LogP contribution in [0.4, 0.5) is 5.69 Å². The van der Waals surface area contributed by atoms with Gasteiger partial charge in [0.1, 0.15) is 0 Å².